The smallest absolute Gasteiger partial charge is 0.227 e. The summed E-state index contributed by atoms with van der Waals surface area (Å²) in [5.74, 6) is 5.32. The summed E-state index contributed by atoms with van der Waals surface area (Å²) in [5, 5.41) is 2.42. The Kier molecular flexibility index (Phi) is 8.73. The van der Waals surface area contributed by atoms with Gasteiger partial charge in [0.2, 0.25) is 5.88 Å². The molecule has 7 rings (SSSR count). The molecule has 2 aromatic heterocycles. The van der Waals surface area contributed by atoms with Crippen LogP contribution in [0.25, 0.3) is 32.9 Å². The van der Waals surface area contributed by atoms with Gasteiger partial charge in [-0.15, -0.1) is 5.54 Å². The molecule has 4 atom stereocenters. The predicted molar refractivity (Wildman–Crippen MR) is 197 cm³/mol. The maximum absolute atomic E-state index is 17.2. The number of hydrogen-bond acceptors (Lipinski definition) is 6. The van der Waals surface area contributed by atoms with E-state index in [1.807, 2.05) is 25.1 Å². The zero-order chi connectivity index (χ0) is 34.1. The minimum atomic E-state index is -2.19. The molecule has 0 amide bonds. The van der Waals surface area contributed by atoms with Crippen molar-refractivity contribution in [1.82, 2.24) is 15.0 Å². The van der Waals surface area contributed by atoms with E-state index in [1.165, 1.54) is 30.7 Å². The Labute approximate surface area is 288 Å². The minimum Gasteiger partial charge on any atom is -0.472 e. The molecule has 1 aliphatic carbocycles. The summed E-state index contributed by atoms with van der Waals surface area (Å²) in [5.41, 5.74) is 5.94. The van der Waals surface area contributed by atoms with Gasteiger partial charge in [0.1, 0.15) is 42.4 Å². The molecule has 2 aromatic carbocycles. The van der Waals surface area contributed by atoms with Crippen molar-refractivity contribution in [3.05, 3.63) is 47.5 Å². The van der Waals surface area contributed by atoms with Gasteiger partial charge in [-0.2, -0.15) is 0 Å². The number of pyridine rings is 1. The van der Waals surface area contributed by atoms with Crippen molar-refractivity contribution in [2.75, 3.05) is 17.2 Å². The lowest BCUT2D eigenvalue weighted by molar-refractivity contribution is 0.139. The van der Waals surface area contributed by atoms with Gasteiger partial charge in [-0.1, -0.05) is 90.4 Å². The van der Waals surface area contributed by atoms with Crippen molar-refractivity contribution >= 4 is 47.3 Å². The fourth-order valence-corrected chi connectivity index (χ4v) is 15.2. The molecule has 252 valence electrons. The first-order chi connectivity index (χ1) is 23.0. The van der Waals surface area contributed by atoms with Crippen LogP contribution in [-0.4, -0.2) is 47.5 Å². The summed E-state index contributed by atoms with van der Waals surface area (Å²) in [6.07, 6.45) is 3.37. The standard InChI is InChI=1S/C39H46F2N4OSSi/c1-9-47-39-43-35-32-37(44-39)45-20-25-13-14-27(19-25)36(45)24(8)46-38(32)42-34(33(35)41)29-12-10-11-26-15-16-30(40)28(31(26)29)17-18-48(21(2)3,22(4)5)23(6)7/h10-12,15-16,21-25,27,36H,9,13-14,19-20H2,1-8H3/t24-,25-,27+,36+/m0/s1. The molecule has 9 heteroatoms. The van der Waals surface area contributed by atoms with Crippen LogP contribution in [0.2, 0.25) is 16.6 Å². The molecular weight excluding hydrogens is 639 g/mol. The first kappa shape index (κ1) is 33.3. The summed E-state index contributed by atoms with van der Waals surface area (Å²) in [6, 6.07) is 8.96. The zero-order valence-corrected chi connectivity index (χ0v) is 31.1. The number of anilines is 1. The van der Waals surface area contributed by atoms with Crippen LogP contribution in [0.5, 0.6) is 5.88 Å². The topological polar surface area (TPSA) is 51.1 Å². The average Bonchev–Trinajstić information content (AvgIpc) is 3.36. The number of ether oxygens (including phenoxy) is 1. The van der Waals surface area contributed by atoms with Gasteiger partial charge in [0.25, 0.3) is 0 Å². The number of fused-ring (bicyclic) bond motifs is 6. The Hall–Kier alpha value is -3.22. The van der Waals surface area contributed by atoms with E-state index in [1.54, 1.807) is 6.07 Å². The third-order valence-corrected chi connectivity index (χ3v) is 18.5. The molecule has 1 saturated heterocycles. The highest BCUT2D eigenvalue weighted by molar-refractivity contribution is 7.99. The Morgan fingerprint density at radius 1 is 0.979 bits per heavy atom. The second kappa shape index (κ2) is 12.6. The minimum absolute atomic E-state index is 0.0996. The average molecular weight is 685 g/mol. The van der Waals surface area contributed by atoms with Crippen LogP contribution in [-0.2, 0) is 0 Å². The Morgan fingerprint density at radius 2 is 1.73 bits per heavy atom. The van der Waals surface area contributed by atoms with Crippen LogP contribution < -0.4 is 9.64 Å². The Balaban J connectivity index is 1.49. The maximum atomic E-state index is 17.2. The molecule has 0 unspecified atom stereocenters. The molecule has 0 N–H and O–H groups in total. The number of hydrogen-bond donors (Lipinski definition) is 0. The van der Waals surface area contributed by atoms with Crippen molar-refractivity contribution in [2.45, 2.75) is 109 Å². The van der Waals surface area contributed by atoms with Crippen LogP contribution in [0, 0.1) is 34.9 Å². The van der Waals surface area contributed by atoms with Gasteiger partial charge in [0, 0.05) is 17.5 Å². The largest absolute Gasteiger partial charge is 0.472 e. The van der Waals surface area contributed by atoms with Gasteiger partial charge in [-0.3, -0.25) is 0 Å². The molecule has 2 fully saturated rings. The highest BCUT2D eigenvalue weighted by atomic mass is 32.2. The van der Waals surface area contributed by atoms with Crippen LogP contribution in [0.4, 0.5) is 14.6 Å². The fourth-order valence-electron chi connectivity index (χ4n) is 9.40. The van der Waals surface area contributed by atoms with Crippen LogP contribution in [0.15, 0.2) is 35.5 Å². The van der Waals surface area contributed by atoms with E-state index < -0.39 is 19.7 Å². The van der Waals surface area contributed by atoms with E-state index in [9.17, 15) is 0 Å². The van der Waals surface area contributed by atoms with Gasteiger partial charge >= 0.3 is 0 Å². The third kappa shape index (κ3) is 5.20. The van der Waals surface area contributed by atoms with Crippen molar-refractivity contribution in [1.29, 1.82) is 0 Å². The lowest BCUT2D eigenvalue weighted by Crippen LogP contribution is -2.52. The molecule has 0 spiro atoms. The van der Waals surface area contributed by atoms with E-state index in [2.05, 4.69) is 64.8 Å². The summed E-state index contributed by atoms with van der Waals surface area (Å²) in [7, 11) is -2.19. The van der Waals surface area contributed by atoms with Crippen molar-refractivity contribution in [2.24, 2.45) is 11.8 Å². The normalized spacial score (nSPS) is 21.9. The van der Waals surface area contributed by atoms with Gasteiger partial charge in [0.05, 0.1) is 11.6 Å². The molecule has 4 aromatic rings. The first-order valence-electron chi connectivity index (χ1n) is 17.7. The molecule has 2 bridgehead atoms. The maximum Gasteiger partial charge on any atom is 0.227 e. The van der Waals surface area contributed by atoms with E-state index >= 15 is 8.78 Å². The van der Waals surface area contributed by atoms with Crippen molar-refractivity contribution in [3.8, 4) is 28.6 Å². The number of aromatic nitrogens is 3. The van der Waals surface area contributed by atoms with E-state index in [-0.39, 0.29) is 23.4 Å². The molecule has 5 nitrogen and oxygen atoms in total. The van der Waals surface area contributed by atoms with E-state index in [0.29, 0.717) is 61.4 Å². The van der Waals surface area contributed by atoms with Gasteiger partial charge in [-0.25, -0.2) is 23.7 Å². The monoisotopic (exact) mass is 684 g/mol. The van der Waals surface area contributed by atoms with Crippen molar-refractivity contribution in [3.63, 3.8) is 0 Å². The second-order valence-electron chi connectivity index (χ2n) is 14.9. The number of halogens is 2. The molecule has 1 saturated carbocycles. The highest BCUT2D eigenvalue weighted by Gasteiger charge is 2.47. The lowest BCUT2D eigenvalue weighted by Gasteiger charge is -2.42. The Bertz CT molecular complexity index is 1950. The fraction of sp³-hybridized carbons (Fsp3) is 0.513. The first-order valence-corrected chi connectivity index (χ1v) is 20.9. The van der Waals surface area contributed by atoms with Gasteiger partial charge < -0.3 is 9.64 Å². The second-order valence-corrected chi connectivity index (χ2v) is 21.8. The molecule has 48 heavy (non-hydrogen) atoms. The molecule has 2 aliphatic heterocycles. The number of piperidine rings is 1. The van der Waals surface area contributed by atoms with E-state index in [0.717, 1.165) is 29.9 Å². The van der Waals surface area contributed by atoms with Crippen LogP contribution in [0.1, 0.15) is 80.2 Å². The Morgan fingerprint density at radius 3 is 2.44 bits per heavy atom. The van der Waals surface area contributed by atoms with Crippen molar-refractivity contribution < 1.29 is 13.5 Å². The molecule has 0 radical (unpaired) electrons. The van der Waals surface area contributed by atoms with Gasteiger partial charge in [0.15, 0.2) is 11.0 Å². The SMILES string of the molecule is CCSc1nc2c3c(nc(-c4cccc5ccc(F)c(C#C[Si](C(C)C)(C(C)C)C(C)C)c45)c(F)c3n1)O[C@@H](C)[C@@H]1[C@@H]3CC[C@@H](C3)CN21. The number of thioether (sulfide) groups is 1. The summed E-state index contributed by atoms with van der Waals surface area (Å²) < 4.78 is 39.9. The zero-order valence-electron chi connectivity index (χ0n) is 29.3. The summed E-state index contributed by atoms with van der Waals surface area (Å²) >= 11 is 1.51. The quantitative estimate of drug-likeness (QED) is 0.0872. The summed E-state index contributed by atoms with van der Waals surface area (Å²) in [4.78, 5) is 17.1. The number of rotatable bonds is 6. The van der Waals surface area contributed by atoms with Gasteiger partial charge in [-0.05, 0) is 71.9 Å². The molecular formula is C39H46F2N4OSSi. The van der Waals surface area contributed by atoms with E-state index in [4.69, 9.17) is 19.7 Å². The third-order valence-electron chi connectivity index (χ3n) is 11.4. The highest BCUT2D eigenvalue weighted by Crippen LogP contribution is 2.49. The molecule has 4 heterocycles. The number of nitrogens with zero attached hydrogens (tertiary/aromatic N) is 4. The number of benzene rings is 2. The van der Waals surface area contributed by atoms with Crippen LogP contribution >= 0.6 is 11.8 Å². The predicted octanol–water partition coefficient (Wildman–Crippen LogP) is 10.2. The molecule has 3 aliphatic rings. The summed E-state index contributed by atoms with van der Waals surface area (Å²) in [6.45, 7) is 18.5. The van der Waals surface area contributed by atoms with Crippen LogP contribution in [0.3, 0.4) is 0 Å². The lowest BCUT2D eigenvalue weighted by atomic mass is 9.87.